The molecule has 0 bridgehead atoms. The molecule has 1 aromatic rings. The van der Waals surface area contributed by atoms with E-state index in [-0.39, 0.29) is 0 Å². The van der Waals surface area contributed by atoms with Crippen LogP contribution in [0.25, 0.3) is 5.57 Å². The first-order chi connectivity index (χ1) is 6.68. The van der Waals surface area contributed by atoms with Gasteiger partial charge < -0.3 is 0 Å². The number of allylic oxidation sites excluding steroid dienone is 4. The number of fused-ring (bicyclic) bond motifs is 1. The van der Waals surface area contributed by atoms with Crippen molar-refractivity contribution in [2.24, 2.45) is 0 Å². The van der Waals surface area contributed by atoms with Crippen LogP contribution in [0.15, 0.2) is 36.6 Å². The van der Waals surface area contributed by atoms with Crippen LogP contribution in [0.2, 0.25) is 0 Å². The number of nitrogens with zero attached hydrogens (tertiary/aromatic N) is 1. The summed E-state index contributed by atoms with van der Waals surface area (Å²) in [5, 5.41) is 7.03. The smallest absolute Gasteiger partial charge is 0.0568 e. The Morgan fingerprint density at radius 2 is 2.36 bits per heavy atom. The Morgan fingerprint density at radius 1 is 1.57 bits per heavy atom. The van der Waals surface area contributed by atoms with Gasteiger partial charge >= 0.3 is 0 Å². The minimum atomic E-state index is 1.02. The largest absolute Gasteiger partial charge is 0.282 e. The molecule has 1 N–H and O–H groups in total. The summed E-state index contributed by atoms with van der Waals surface area (Å²) in [6.07, 6.45) is 6.01. The zero-order valence-corrected chi connectivity index (χ0v) is 8.43. The fraction of sp³-hybridized carbons (Fsp3) is 0.250. The maximum Gasteiger partial charge on any atom is 0.0568 e. The lowest BCUT2D eigenvalue weighted by molar-refractivity contribution is 0.880. The maximum absolute atomic E-state index is 4.09. The van der Waals surface area contributed by atoms with Crippen molar-refractivity contribution in [1.29, 1.82) is 0 Å². The summed E-state index contributed by atoms with van der Waals surface area (Å²) >= 11 is 0. The highest BCUT2D eigenvalue weighted by Crippen LogP contribution is 2.32. The Bertz CT molecular complexity index is 421. The van der Waals surface area contributed by atoms with Crippen molar-refractivity contribution in [2.45, 2.75) is 19.8 Å². The van der Waals surface area contributed by atoms with E-state index in [2.05, 4.69) is 29.4 Å². The van der Waals surface area contributed by atoms with E-state index in [0.29, 0.717) is 0 Å². The molecule has 0 aromatic carbocycles. The number of aryl methyl sites for hydroxylation is 1. The number of aromatic amines is 1. The van der Waals surface area contributed by atoms with Gasteiger partial charge in [0.2, 0.25) is 0 Å². The molecule has 0 saturated carbocycles. The number of nitrogens with one attached hydrogen (secondary N) is 1. The van der Waals surface area contributed by atoms with Crippen LogP contribution in [0.1, 0.15) is 24.6 Å². The molecule has 1 aliphatic rings. The van der Waals surface area contributed by atoms with Crippen molar-refractivity contribution >= 4 is 5.57 Å². The Kier molecular flexibility index (Phi) is 2.12. The molecule has 0 aliphatic heterocycles. The Morgan fingerprint density at radius 3 is 3.07 bits per heavy atom. The second-order valence-electron chi connectivity index (χ2n) is 3.76. The van der Waals surface area contributed by atoms with Crippen molar-refractivity contribution in [1.82, 2.24) is 10.2 Å². The molecule has 0 amide bonds. The van der Waals surface area contributed by atoms with Crippen LogP contribution in [0, 0.1) is 0 Å². The molecule has 2 rings (SSSR count). The van der Waals surface area contributed by atoms with Crippen LogP contribution in [0.5, 0.6) is 0 Å². The van der Waals surface area contributed by atoms with Crippen molar-refractivity contribution in [2.75, 3.05) is 0 Å². The first-order valence-electron chi connectivity index (χ1n) is 4.76. The second kappa shape index (κ2) is 3.29. The van der Waals surface area contributed by atoms with Crippen LogP contribution >= 0.6 is 0 Å². The number of hydrogen-bond donors (Lipinski definition) is 1. The van der Waals surface area contributed by atoms with Crippen LogP contribution in [0.4, 0.5) is 0 Å². The molecule has 2 heteroatoms. The predicted octanol–water partition coefficient (Wildman–Crippen LogP) is 2.87. The Hall–Kier alpha value is -1.57. The summed E-state index contributed by atoms with van der Waals surface area (Å²) in [5.41, 5.74) is 5.81. The fourth-order valence-electron chi connectivity index (χ4n) is 1.80. The fourth-order valence-corrected chi connectivity index (χ4v) is 1.80. The Balaban J connectivity index is 2.39. The third kappa shape index (κ3) is 1.43. The monoisotopic (exact) mass is 186 g/mol. The lowest BCUT2D eigenvalue weighted by Gasteiger charge is -2.17. The minimum Gasteiger partial charge on any atom is -0.282 e. The molecule has 72 valence electrons. The highest BCUT2D eigenvalue weighted by atomic mass is 15.1. The van der Waals surface area contributed by atoms with Gasteiger partial charge in [0.25, 0.3) is 0 Å². The molecule has 0 atom stereocenters. The molecule has 1 heterocycles. The predicted molar refractivity (Wildman–Crippen MR) is 58.8 cm³/mol. The van der Waals surface area contributed by atoms with E-state index in [1.165, 1.54) is 11.3 Å². The van der Waals surface area contributed by atoms with Crippen molar-refractivity contribution < 1.29 is 0 Å². The summed E-state index contributed by atoms with van der Waals surface area (Å²) in [7, 11) is 0. The number of aromatic nitrogens is 2. The quantitative estimate of drug-likeness (QED) is 0.717. The van der Waals surface area contributed by atoms with Gasteiger partial charge in [-0.2, -0.15) is 5.10 Å². The summed E-state index contributed by atoms with van der Waals surface area (Å²) in [4.78, 5) is 0. The second-order valence-corrected chi connectivity index (χ2v) is 3.76. The lowest BCUT2D eigenvalue weighted by Crippen LogP contribution is -2.02. The standard InChI is InChI=1S/C12H14N2/c1-8(2)6-10-4-5-12-11(9(10)3)7-13-14-12/h6-7H,1,3-5H2,2H3,(H,13,14)/b10-6-. The van der Waals surface area contributed by atoms with Gasteiger partial charge in [-0.05, 0) is 30.9 Å². The van der Waals surface area contributed by atoms with Crippen LogP contribution < -0.4 is 0 Å². The van der Waals surface area contributed by atoms with E-state index in [9.17, 15) is 0 Å². The zero-order chi connectivity index (χ0) is 10.1. The molecule has 0 radical (unpaired) electrons. The van der Waals surface area contributed by atoms with Gasteiger partial charge in [0.1, 0.15) is 0 Å². The van der Waals surface area contributed by atoms with E-state index < -0.39 is 0 Å². The van der Waals surface area contributed by atoms with E-state index in [1.807, 2.05) is 13.1 Å². The van der Waals surface area contributed by atoms with E-state index >= 15 is 0 Å². The summed E-state index contributed by atoms with van der Waals surface area (Å²) in [6, 6.07) is 0. The number of H-pyrrole nitrogens is 1. The van der Waals surface area contributed by atoms with Crippen molar-refractivity contribution in [3.8, 4) is 0 Å². The van der Waals surface area contributed by atoms with Gasteiger partial charge in [0, 0.05) is 11.3 Å². The van der Waals surface area contributed by atoms with Gasteiger partial charge in [-0.15, -0.1) is 0 Å². The number of hydrogen-bond acceptors (Lipinski definition) is 1. The zero-order valence-electron chi connectivity index (χ0n) is 8.43. The molecule has 1 aliphatic carbocycles. The Labute approximate surface area is 84.0 Å². The van der Waals surface area contributed by atoms with Gasteiger partial charge in [-0.1, -0.05) is 24.8 Å². The van der Waals surface area contributed by atoms with Gasteiger partial charge in [-0.3, -0.25) is 5.10 Å². The average Bonchev–Trinajstić information content (AvgIpc) is 2.57. The normalized spacial score (nSPS) is 18.4. The SMILES string of the molecule is C=C(C)/C=C1/CCc2[nH]ncc2C1=C. The van der Waals surface area contributed by atoms with E-state index in [1.54, 1.807) is 0 Å². The molecule has 0 unspecified atom stereocenters. The minimum absolute atomic E-state index is 1.02. The summed E-state index contributed by atoms with van der Waals surface area (Å²) in [5.74, 6) is 0. The third-order valence-corrected chi connectivity index (χ3v) is 2.50. The van der Waals surface area contributed by atoms with Crippen molar-refractivity contribution in [3.63, 3.8) is 0 Å². The van der Waals surface area contributed by atoms with E-state index in [4.69, 9.17) is 0 Å². The molecule has 2 nitrogen and oxygen atoms in total. The molecule has 0 spiro atoms. The molecular formula is C12H14N2. The summed E-state index contributed by atoms with van der Waals surface area (Å²) < 4.78 is 0. The lowest BCUT2D eigenvalue weighted by atomic mass is 9.88. The average molecular weight is 186 g/mol. The first kappa shape index (κ1) is 9.00. The maximum atomic E-state index is 4.09. The topological polar surface area (TPSA) is 28.7 Å². The van der Waals surface area contributed by atoms with Crippen LogP contribution in [0.3, 0.4) is 0 Å². The van der Waals surface area contributed by atoms with Gasteiger partial charge in [-0.25, -0.2) is 0 Å². The van der Waals surface area contributed by atoms with Crippen LogP contribution in [-0.2, 0) is 6.42 Å². The van der Waals surface area contributed by atoms with Crippen molar-refractivity contribution in [3.05, 3.63) is 47.8 Å². The van der Waals surface area contributed by atoms with Gasteiger partial charge in [0.05, 0.1) is 6.20 Å². The molecule has 0 saturated heterocycles. The molecule has 14 heavy (non-hydrogen) atoms. The van der Waals surface area contributed by atoms with E-state index in [0.717, 1.165) is 29.6 Å². The number of rotatable bonds is 1. The first-order valence-corrected chi connectivity index (χ1v) is 4.76. The molecule has 0 fully saturated rings. The summed E-state index contributed by atoms with van der Waals surface area (Å²) in [6.45, 7) is 9.98. The highest BCUT2D eigenvalue weighted by Gasteiger charge is 2.17. The third-order valence-electron chi connectivity index (χ3n) is 2.50. The molecular weight excluding hydrogens is 172 g/mol. The molecule has 1 aromatic heterocycles. The highest BCUT2D eigenvalue weighted by molar-refractivity contribution is 5.80. The van der Waals surface area contributed by atoms with Crippen LogP contribution in [-0.4, -0.2) is 10.2 Å². The van der Waals surface area contributed by atoms with Gasteiger partial charge in [0.15, 0.2) is 0 Å².